The van der Waals surface area contributed by atoms with Crippen molar-refractivity contribution in [3.63, 3.8) is 0 Å². The van der Waals surface area contributed by atoms with Gasteiger partial charge in [0, 0.05) is 0 Å². The largest absolute Gasteiger partial charge is 2.00 e. The summed E-state index contributed by atoms with van der Waals surface area (Å²) in [7, 11) is -4.94. The Hall–Kier alpha value is -0.207. The number of phosphoric ester groups is 1. The van der Waals surface area contributed by atoms with Gasteiger partial charge in [0.15, 0.2) is 0 Å². The molecule has 0 spiro atoms. The number of phosphoric acid groups is 1. The first kappa shape index (κ1) is 15.8. The first-order valence-electron chi connectivity index (χ1n) is 4.51. The molecule has 0 heterocycles. The third-order valence-electron chi connectivity index (χ3n) is 1.94. The number of benzene rings is 1. The predicted octanol–water partition coefficient (Wildman–Crippen LogP) is 1.19. The molecule has 1 rings (SSSR count). The Labute approximate surface area is 108 Å². The minimum atomic E-state index is -4.94. The summed E-state index contributed by atoms with van der Waals surface area (Å²) >= 11 is 0. The molecule has 0 saturated heterocycles. The Bertz CT molecular complexity index is 377. The van der Waals surface area contributed by atoms with E-state index in [2.05, 4.69) is 4.52 Å². The van der Waals surface area contributed by atoms with Gasteiger partial charge in [-0.15, -0.1) is 0 Å². The fourth-order valence-electron chi connectivity index (χ4n) is 1.14. The Morgan fingerprint density at radius 2 is 1.56 bits per heavy atom. The van der Waals surface area contributed by atoms with E-state index in [1.54, 1.807) is 12.1 Å². The van der Waals surface area contributed by atoms with Crippen LogP contribution >= 0.6 is 7.82 Å². The average molecular weight is 294 g/mol. The van der Waals surface area contributed by atoms with Crippen molar-refractivity contribution in [2.45, 2.75) is 26.2 Å². The molecule has 1 aromatic carbocycles. The van der Waals surface area contributed by atoms with Gasteiger partial charge in [0.2, 0.25) is 0 Å². The third kappa shape index (κ3) is 5.22. The summed E-state index contributed by atoms with van der Waals surface area (Å²) in [5.41, 5.74) is 1.03. The quantitative estimate of drug-likeness (QED) is 0.606. The fourth-order valence-corrected chi connectivity index (χ4v) is 1.52. The summed E-state index contributed by atoms with van der Waals surface area (Å²) in [5.74, 6) is 0.0522. The standard InChI is InChI=1S/C10H15O4P.Zn/c1-10(2,3)8-4-6-9(7-5-8)14-15(11,12)13;/h4-7H,1-3H3,(H2,11,12,13);/q;+2/p-2. The molecule has 0 bridgehead atoms. The maximum Gasteiger partial charge on any atom is 2.00 e. The van der Waals surface area contributed by atoms with Crippen LogP contribution in [0.2, 0.25) is 0 Å². The molecule has 84 valence electrons. The van der Waals surface area contributed by atoms with Crippen molar-refractivity contribution >= 4 is 7.82 Å². The van der Waals surface area contributed by atoms with Gasteiger partial charge in [0.05, 0.1) is 0 Å². The Morgan fingerprint density at radius 1 is 1.12 bits per heavy atom. The summed E-state index contributed by atoms with van der Waals surface area (Å²) in [6.07, 6.45) is 0. The monoisotopic (exact) mass is 292 g/mol. The van der Waals surface area contributed by atoms with E-state index in [9.17, 15) is 14.4 Å². The Kier molecular flexibility index (Phi) is 5.35. The zero-order valence-corrected chi connectivity index (χ0v) is 13.5. The van der Waals surface area contributed by atoms with Crippen molar-refractivity contribution in [2.24, 2.45) is 0 Å². The molecule has 0 unspecified atom stereocenters. The van der Waals surface area contributed by atoms with E-state index in [1.807, 2.05) is 20.8 Å². The van der Waals surface area contributed by atoms with Crippen LogP contribution in [-0.2, 0) is 29.5 Å². The second kappa shape index (κ2) is 5.42. The summed E-state index contributed by atoms with van der Waals surface area (Å²) in [5, 5.41) is 0. The van der Waals surface area contributed by atoms with Crippen LogP contribution in [-0.4, -0.2) is 0 Å². The van der Waals surface area contributed by atoms with E-state index in [4.69, 9.17) is 0 Å². The Balaban J connectivity index is 0.00000225. The van der Waals surface area contributed by atoms with Crippen molar-refractivity contribution < 1.29 is 38.4 Å². The minimum Gasteiger partial charge on any atom is -0.780 e. The van der Waals surface area contributed by atoms with Crippen molar-refractivity contribution in [3.8, 4) is 5.75 Å². The summed E-state index contributed by atoms with van der Waals surface area (Å²) in [6, 6.07) is 6.43. The minimum absolute atomic E-state index is 0. The van der Waals surface area contributed by atoms with Gasteiger partial charge in [-0.3, -0.25) is 0 Å². The molecule has 0 saturated carbocycles. The molecule has 0 fully saturated rings. The van der Waals surface area contributed by atoms with Gasteiger partial charge < -0.3 is 18.9 Å². The van der Waals surface area contributed by atoms with E-state index in [1.165, 1.54) is 12.1 Å². The van der Waals surface area contributed by atoms with Crippen LogP contribution in [0.5, 0.6) is 5.75 Å². The first-order valence-corrected chi connectivity index (χ1v) is 5.97. The second-order valence-corrected chi connectivity index (χ2v) is 5.39. The van der Waals surface area contributed by atoms with Crippen LogP contribution in [0.1, 0.15) is 26.3 Å². The van der Waals surface area contributed by atoms with E-state index in [0.717, 1.165) is 5.56 Å². The van der Waals surface area contributed by atoms with Gasteiger partial charge in [-0.2, -0.15) is 0 Å². The molecule has 0 aromatic heterocycles. The molecular formula is C10H13O4PZn. The number of hydrogen-bond donors (Lipinski definition) is 0. The molecule has 4 nitrogen and oxygen atoms in total. The van der Waals surface area contributed by atoms with Crippen LogP contribution in [0.4, 0.5) is 0 Å². The fraction of sp³-hybridized carbons (Fsp3) is 0.400. The SMILES string of the molecule is CC(C)(C)c1ccc(OP(=O)([O-])[O-])cc1.[Zn+2]. The van der Waals surface area contributed by atoms with E-state index in [0.29, 0.717) is 0 Å². The smallest absolute Gasteiger partial charge is 0.780 e. The number of hydrogen-bond acceptors (Lipinski definition) is 4. The Morgan fingerprint density at radius 3 is 1.88 bits per heavy atom. The van der Waals surface area contributed by atoms with Gasteiger partial charge in [-0.1, -0.05) is 32.9 Å². The molecule has 0 amide bonds. The molecule has 0 radical (unpaired) electrons. The van der Waals surface area contributed by atoms with Gasteiger partial charge in [-0.05, 0) is 23.1 Å². The van der Waals surface area contributed by atoms with E-state index in [-0.39, 0.29) is 30.6 Å². The first-order chi connectivity index (χ1) is 6.68. The van der Waals surface area contributed by atoms with Crippen molar-refractivity contribution in [1.82, 2.24) is 0 Å². The van der Waals surface area contributed by atoms with Gasteiger partial charge >= 0.3 is 19.5 Å². The summed E-state index contributed by atoms with van der Waals surface area (Å²) < 4.78 is 14.5. The molecular weight excluding hydrogens is 280 g/mol. The van der Waals surface area contributed by atoms with Crippen LogP contribution < -0.4 is 14.3 Å². The number of rotatable bonds is 2. The van der Waals surface area contributed by atoms with Gasteiger partial charge in [0.1, 0.15) is 13.6 Å². The molecule has 0 N–H and O–H groups in total. The second-order valence-electron chi connectivity index (χ2n) is 4.31. The van der Waals surface area contributed by atoms with Crippen molar-refractivity contribution in [3.05, 3.63) is 29.8 Å². The normalized spacial score (nSPS) is 11.8. The predicted molar refractivity (Wildman–Crippen MR) is 53.4 cm³/mol. The topological polar surface area (TPSA) is 72.4 Å². The van der Waals surface area contributed by atoms with E-state index < -0.39 is 7.82 Å². The van der Waals surface area contributed by atoms with Crippen LogP contribution in [0.3, 0.4) is 0 Å². The molecule has 0 aliphatic heterocycles. The van der Waals surface area contributed by atoms with Crippen LogP contribution in [0.25, 0.3) is 0 Å². The van der Waals surface area contributed by atoms with Crippen molar-refractivity contribution in [2.75, 3.05) is 0 Å². The van der Waals surface area contributed by atoms with E-state index >= 15 is 0 Å². The summed E-state index contributed by atoms with van der Waals surface area (Å²) in [6.45, 7) is 6.11. The molecule has 6 heteroatoms. The van der Waals surface area contributed by atoms with Crippen LogP contribution in [0.15, 0.2) is 24.3 Å². The zero-order chi connectivity index (χ0) is 11.7. The van der Waals surface area contributed by atoms with Crippen LogP contribution in [0, 0.1) is 0 Å². The maximum absolute atomic E-state index is 10.3. The third-order valence-corrected chi connectivity index (χ3v) is 2.37. The molecule has 0 atom stereocenters. The molecule has 0 aliphatic carbocycles. The van der Waals surface area contributed by atoms with Gasteiger partial charge in [0.25, 0.3) is 0 Å². The summed E-state index contributed by atoms with van der Waals surface area (Å²) in [4.78, 5) is 20.7. The average Bonchev–Trinajstić information content (AvgIpc) is 2.00. The molecule has 16 heavy (non-hydrogen) atoms. The molecule has 1 aromatic rings. The van der Waals surface area contributed by atoms with Gasteiger partial charge in [-0.25, -0.2) is 0 Å². The molecule has 0 aliphatic rings. The van der Waals surface area contributed by atoms with Crippen molar-refractivity contribution in [1.29, 1.82) is 0 Å². The zero-order valence-electron chi connectivity index (χ0n) is 9.60. The maximum atomic E-state index is 10.3.